The molecule has 0 aliphatic rings. The second-order valence-corrected chi connectivity index (χ2v) is 5.70. The molecule has 132 valence electrons. The maximum atomic E-state index is 5.32. The Hall–Kier alpha value is -0.830. The van der Waals surface area contributed by atoms with Crippen LogP contribution in [0, 0.1) is 0 Å². The van der Waals surface area contributed by atoms with Gasteiger partial charge >= 0.3 is 0 Å². The Morgan fingerprint density at radius 3 is 2.43 bits per heavy atom. The van der Waals surface area contributed by atoms with Crippen molar-refractivity contribution in [3.63, 3.8) is 0 Å². The summed E-state index contributed by atoms with van der Waals surface area (Å²) in [5.74, 6) is 3.53. The van der Waals surface area contributed by atoms with Crippen molar-refractivity contribution in [1.29, 1.82) is 0 Å². The fourth-order valence-corrected chi connectivity index (χ4v) is 2.44. The lowest BCUT2D eigenvalue weighted by molar-refractivity contribution is 0.354. The van der Waals surface area contributed by atoms with Crippen molar-refractivity contribution >= 4 is 41.7 Å². The zero-order valence-corrected chi connectivity index (χ0v) is 17.5. The van der Waals surface area contributed by atoms with E-state index < -0.39 is 0 Å². The van der Waals surface area contributed by atoms with Gasteiger partial charge in [-0.05, 0) is 42.5 Å². The van der Waals surface area contributed by atoms with Crippen LogP contribution >= 0.6 is 35.7 Å². The molecule has 2 N–H and O–H groups in total. The first-order valence-electron chi connectivity index (χ1n) is 7.39. The van der Waals surface area contributed by atoms with Crippen LogP contribution in [0.15, 0.2) is 23.2 Å². The van der Waals surface area contributed by atoms with Gasteiger partial charge in [-0.1, -0.05) is 6.07 Å². The monoisotopic (exact) mass is 453 g/mol. The molecular formula is C16H28IN3O2S. The Kier molecular flexibility index (Phi) is 13.1. The van der Waals surface area contributed by atoms with Crippen molar-refractivity contribution in [3.8, 4) is 11.5 Å². The molecule has 0 saturated heterocycles. The third-order valence-corrected chi connectivity index (χ3v) is 3.89. The second-order valence-electron chi connectivity index (χ2n) is 4.71. The number of guanidine groups is 1. The average molecular weight is 453 g/mol. The zero-order chi connectivity index (χ0) is 16.2. The fourth-order valence-electron chi connectivity index (χ4n) is 2.01. The number of thioether (sulfide) groups is 1. The molecule has 1 aromatic rings. The SMILES string of the molecule is CN=C(NCCCSC)NCCc1ccc(OC)c(OC)c1.I. The predicted molar refractivity (Wildman–Crippen MR) is 111 cm³/mol. The smallest absolute Gasteiger partial charge is 0.190 e. The van der Waals surface area contributed by atoms with Crippen molar-refractivity contribution in [3.05, 3.63) is 23.8 Å². The molecular weight excluding hydrogens is 425 g/mol. The molecule has 0 heterocycles. The van der Waals surface area contributed by atoms with Gasteiger partial charge in [-0.3, -0.25) is 4.99 Å². The van der Waals surface area contributed by atoms with Gasteiger partial charge in [0, 0.05) is 20.1 Å². The van der Waals surface area contributed by atoms with Gasteiger partial charge in [0.05, 0.1) is 14.2 Å². The highest BCUT2D eigenvalue weighted by molar-refractivity contribution is 14.0. The van der Waals surface area contributed by atoms with Gasteiger partial charge in [-0.2, -0.15) is 11.8 Å². The molecule has 23 heavy (non-hydrogen) atoms. The first-order chi connectivity index (χ1) is 10.7. The Balaban J connectivity index is 0.00000484. The van der Waals surface area contributed by atoms with Crippen molar-refractivity contribution in [1.82, 2.24) is 10.6 Å². The third-order valence-electron chi connectivity index (χ3n) is 3.20. The average Bonchev–Trinajstić information content (AvgIpc) is 2.56. The minimum atomic E-state index is 0. The van der Waals surface area contributed by atoms with Gasteiger partial charge in [0.15, 0.2) is 17.5 Å². The van der Waals surface area contributed by atoms with Crippen LogP contribution in [-0.4, -0.2) is 52.3 Å². The molecule has 0 radical (unpaired) electrons. The van der Waals surface area contributed by atoms with Gasteiger partial charge in [-0.25, -0.2) is 0 Å². The zero-order valence-electron chi connectivity index (χ0n) is 14.3. The standard InChI is InChI=1S/C16H27N3O2S.HI/c1-17-16(18-9-5-11-22-4)19-10-8-13-6-7-14(20-2)15(12-13)21-3;/h6-7,12H,5,8-11H2,1-4H3,(H2,17,18,19);1H. The summed E-state index contributed by atoms with van der Waals surface area (Å²) in [5.41, 5.74) is 1.20. The van der Waals surface area contributed by atoms with E-state index in [1.54, 1.807) is 21.3 Å². The number of hydrogen-bond acceptors (Lipinski definition) is 4. The molecule has 0 atom stereocenters. The summed E-state index contributed by atoms with van der Waals surface area (Å²) in [4.78, 5) is 4.22. The van der Waals surface area contributed by atoms with E-state index in [0.29, 0.717) is 0 Å². The number of methoxy groups -OCH3 is 2. The van der Waals surface area contributed by atoms with Crippen LogP contribution in [0.1, 0.15) is 12.0 Å². The summed E-state index contributed by atoms with van der Waals surface area (Å²) in [6.45, 7) is 1.76. The highest BCUT2D eigenvalue weighted by atomic mass is 127. The molecule has 1 rings (SSSR count). The number of halogens is 1. The highest BCUT2D eigenvalue weighted by Gasteiger charge is 2.04. The van der Waals surface area contributed by atoms with Crippen LogP contribution < -0.4 is 20.1 Å². The predicted octanol–water partition coefficient (Wildman–Crippen LogP) is 2.78. The molecule has 0 bridgehead atoms. The van der Waals surface area contributed by atoms with E-state index in [2.05, 4.69) is 27.9 Å². The van der Waals surface area contributed by atoms with Crippen LogP contribution in [0.4, 0.5) is 0 Å². The quantitative estimate of drug-likeness (QED) is 0.261. The number of nitrogens with one attached hydrogen (secondary N) is 2. The Morgan fingerprint density at radius 1 is 1.13 bits per heavy atom. The van der Waals surface area contributed by atoms with E-state index in [4.69, 9.17) is 9.47 Å². The van der Waals surface area contributed by atoms with Crippen LogP contribution in [0.25, 0.3) is 0 Å². The van der Waals surface area contributed by atoms with Crippen molar-refractivity contribution in [2.75, 3.05) is 46.4 Å². The van der Waals surface area contributed by atoms with Crippen LogP contribution in [-0.2, 0) is 6.42 Å². The molecule has 7 heteroatoms. The van der Waals surface area contributed by atoms with Crippen LogP contribution in [0.3, 0.4) is 0 Å². The van der Waals surface area contributed by atoms with Gasteiger partial charge in [-0.15, -0.1) is 24.0 Å². The Labute approximate surface area is 161 Å². The molecule has 5 nitrogen and oxygen atoms in total. The maximum Gasteiger partial charge on any atom is 0.190 e. The van der Waals surface area contributed by atoms with Crippen LogP contribution in [0.5, 0.6) is 11.5 Å². The molecule has 0 saturated carbocycles. The molecule has 0 aromatic heterocycles. The number of benzene rings is 1. The van der Waals surface area contributed by atoms with E-state index in [1.807, 2.05) is 23.9 Å². The van der Waals surface area contributed by atoms with E-state index in [9.17, 15) is 0 Å². The number of nitrogens with zero attached hydrogens (tertiary/aromatic N) is 1. The summed E-state index contributed by atoms with van der Waals surface area (Å²) < 4.78 is 10.6. The summed E-state index contributed by atoms with van der Waals surface area (Å²) in [5, 5.41) is 6.63. The number of hydrogen-bond donors (Lipinski definition) is 2. The lowest BCUT2D eigenvalue weighted by atomic mass is 10.1. The van der Waals surface area contributed by atoms with Crippen molar-refractivity contribution in [2.45, 2.75) is 12.8 Å². The van der Waals surface area contributed by atoms with Gasteiger partial charge in [0.2, 0.25) is 0 Å². The minimum Gasteiger partial charge on any atom is -0.493 e. The molecule has 0 aliphatic heterocycles. The van der Waals surface area contributed by atoms with E-state index in [0.717, 1.165) is 49.1 Å². The Bertz CT molecular complexity index is 473. The maximum absolute atomic E-state index is 5.32. The highest BCUT2D eigenvalue weighted by Crippen LogP contribution is 2.27. The largest absolute Gasteiger partial charge is 0.493 e. The summed E-state index contributed by atoms with van der Waals surface area (Å²) in [7, 11) is 5.09. The van der Waals surface area contributed by atoms with E-state index >= 15 is 0 Å². The normalized spacial score (nSPS) is 10.7. The summed E-state index contributed by atoms with van der Waals surface area (Å²) in [6.07, 6.45) is 4.15. The minimum absolute atomic E-state index is 0. The van der Waals surface area contributed by atoms with Crippen molar-refractivity contribution < 1.29 is 9.47 Å². The Morgan fingerprint density at radius 2 is 1.83 bits per heavy atom. The summed E-state index contributed by atoms with van der Waals surface area (Å²) in [6, 6.07) is 6.00. The second kappa shape index (κ2) is 13.6. The van der Waals surface area contributed by atoms with Gasteiger partial charge in [0.1, 0.15) is 0 Å². The molecule has 0 spiro atoms. The van der Waals surface area contributed by atoms with Gasteiger partial charge < -0.3 is 20.1 Å². The molecule has 1 aromatic carbocycles. The van der Waals surface area contributed by atoms with Gasteiger partial charge in [0.25, 0.3) is 0 Å². The molecule has 0 amide bonds. The van der Waals surface area contributed by atoms with E-state index in [1.165, 1.54) is 5.56 Å². The third kappa shape index (κ3) is 8.55. The topological polar surface area (TPSA) is 54.9 Å². The summed E-state index contributed by atoms with van der Waals surface area (Å²) >= 11 is 1.86. The van der Waals surface area contributed by atoms with Crippen LogP contribution in [0.2, 0.25) is 0 Å². The molecule has 0 fully saturated rings. The molecule has 0 aliphatic carbocycles. The number of rotatable bonds is 9. The number of ether oxygens (including phenoxy) is 2. The molecule has 0 unspecified atom stereocenters. The first kappa shape index (κ1) is 22.2. The van der Waals surface area contributed by atoms with Crippen molar-refractivity contribution in [2.24, 2.45) is 4.99 Å². The fraction of sp³-hybridized carbons (Fsp3) is 0.562. The first-order valence-corrected chi connectivity index (χ1v) is 8.79. The lowest BCUT2D eigenvalue weighted by Gasteiger charge is -2.13. The number of aliphatic imine (C=N–C) groups is 1. The van der Waals surface area contributed by atoms with E-state index in [-0.39, 0.29) is 24.0 Å². The lowest BCUT2D eigenvalue weighted by Crippen LogP contribution is -2.38.